The van der Waals surface area contributed by atoms with E-state index in [1.54, 1.807) is 12.3 Å². The molecule has 0 spiro atoms. The van der Waals surface area contributed by atoms with Crippen molar-refractivity contribution in [2.75, 3.05) is 7.11 Å². The van der Waals surface area contributed by atoms with Crippen LogP contribution in [-0.4, -0.2) is 20.9 Å². The van der Waals surface area contributed by atoms with E-state index in [4.69, 9.17) is 12.3 Å². The van der Waals surface area contributed by atoms with Gasteiger partial charge < -0.3 is 9.15 Å². The number of carbonyl (C=O) groups is 1. The lowest BCUT2D eigenvalue weighted by molar-refractivity contribution is -0.139. The van der Waals surface area contributed by atoms with Gasteiger partial charge in [-0.05, 0) is 17.7 Å². The minimum Gasteiger partial charge on any atom is -0.469 e. The molecule has 0 aliphatic heterocycles. The van der Waals surface area contributed by atoms with E-state index < -0.39 is 0 Å². The molecule has 0 unspecified atom stereocenters. The molecule has 0 aliphatic carbocycles. The van der Waals surface area contributed by atoms with Crippen LogP contribution in [0.3, 0.4) is 0 Å². The van der Waals surface area contributed by atoms with Crippen LogP contribution < -0.4 is 5.46 Å². The predicted molar refractivity (Wildman–Crippen MR) is 57.3 cm³/mol. The van der Waals surface area contributed by atoms with Gasteiger partial charge in [0.1, 0.15) is 13.4 Å². The fourth-order valence-corrected chi connectivity index (χ4v) is 1.52. The molecule has 74 valence electrons. The van der Waals surface area contributed by atoms with E-state index in [0.717, 1.165) is 10.9 Å². The Kier molecular flexibility index (Phi) is 2.50. The van der Waals surface area contributed by atoms with Crippen LogP contribution in [0.15, 0.2) is 28.9 Å². The van der Waals surface area contributed by atoms with Crippen molar-refractivity contribution in [1.82, 2.24) is 0 Å². The van der Waals surface area contributed by atoms with Crippen molar-refractivity contribution in [3.63, 3.8) is 0 Å². The minimum atomic E-state index is -0.280. The molecule has 1 heterocycles. The maximum absolute atomic E-state index is 11.1. The second kappa shape index (κ2) is 3.81. The van der Waals surface area contributed by atoms with Crippen LogP contribution in [0.25, 0.3) is 11.0 Å². The number of benzene rings is 1. The van der Waals surface area contributed by atoms with Gasteiger partial charge in [-0.15, -0.1) is 0 Å². The van der Waals surface area contributed by atoms with Crippen molar-refractivity contribution < 1.29 is 13.9 Å². The number of ether oxygens (including phenoxy) is 1. The van der Waals surface area contributed by atoms with E-state index in [1.807, 2.05) is 12.1 Å². The van der Waals surface area contributed by atoms with E-state index in [2.05, 4.69) is 4.74 Å². The molecular formula is C11H9BO3. The van der Waals surface area contributed by atoms with Crippen LogP contribution in [0.1, 0.15) is 5.56 Å². The summed E-state index contributed by atoms with van der Waals surface area (Å²) in [5.74, 6) is -0.280. The van der Waals surface area contributed by atoms with Crippen LogP contribution in [0.2, 0.25) is 0 Å². The van der Waals surface area contributed by atoms with Crippen molar-refractivity contribution in [3.05, 3.63) is 30.0 Å². The number of carbonyl (C=O) groups excluding carboxylic acids is 1. The largest absolute Gasteiger partial charge is 0.469 e. The summed E-state index contributed by atoms with van der Waals surface area (Å²) in [5.41, 5.74) is 2.02. The summed E-state index contributed by atoms with van der Waals surface area (Å²) in [6, 6.07) is 5.40. The molecule has 1 aromatic carbocycles. The molecule has 0 amide bonds. The van der Waals surface area contributed by atoms with Crippen molar-refractivity contribution in [1.29, 1.82) is 0 Å². The van der Waals surface area contributed by atoms with Gasteiger partial charge in [-0.1, -0.05) is 11.5 Å². The first-order valence-corrected chi connectivity index (χ1v) is 4.53. The molecule has 15 heavy (non-hydrogen) atoms. The molecule has 0 saturated carbocycles. The fourth-order valence-electron chi connectivity index (χ4n) is 1.52. The molecule has 0 aliphatic rings. The molecule has 0 bridgehead atoms. The Balaban J connectivity index is 2.40. The summed E-state index contributed by atoms with van der Waals surface area (Å²) < 4.78 is 9.78. The molecule has 0 saturated heterocycles. The number of rotatable bonds is 2. The van der Waals surface area contributed by atoms with Crippen molar-refractivity contribution in [2.45, 2.75) is 6.42 Å². The van der Waals surface area contributed by atoms with Crippen molar-refractivity contribution >= 4 is 30.2 Å². The van der Waals surface area contributed by atoms with Crippen LogP contribution in [-0.2, 0) is 16.0 Å². The Morgan fingerprint density at radius 2 is 2.33 bits per heavy atom. The lowest BCUT2D eigenvalue weighted by atomic mass is 9.91. The number of furan rings is 1. The summed E-state index contributed by atoms with van der Waals surface area (Å²) in [5, 5.41) is 0.897. The predicted octanol–water partition coefficient (Wildman–Crippen LogP) is 0.942. The Hall–Kier alpha value is -1.71. The van der Waals surface area contributed by atoms with Gasteiger partial charge in [0.05, 0.1) is 19.8 Å². The smallest absolute Gasteiger partial charge is 0.309 e. The summed E-state index contributed by atoms with van der Waals surface area (Å²) in [6.45, 7) is 0. The van der Waals surface area contributed by atoms with Gasteiger partial charge in [0, 0.05) is 5.39 Å². The number of esters is 1. The average molecular weight is 200 g/mol. The van der Waals surface area contributed by atoms with Gasteiger partial charge in [0.2, 0.25) is 0 Å². The molecule has 0 fully saturated rings. The summed E-state index contributed by atoms with van der Waals surface area (Å²) in [6.07, 6.45) is 1.80. The monoisotopic (exact) mass is 200 g/mol. The molecule has 2 rings (SSSR count). The average Bonchev–Trinajstić information content (AvgIpc) is 2.66. The van der Waals surface area contributed by atoms with Crippen molar-refractivity contribution in [3.8, 4) is 0 Å². The zero-order chi connectivity index (χ0) is 10.8. The van der Waals surface area contributed by atoms with E-state index in [1.165, 1.54) is 7.11 Å². The van der Waals surface area contributed by atoms with E-state index in [9.17, 15) is 4.79 Å². The zero-order valence-corrected chi connectivity index (χ0v) is 8.32. The van der Waals surface area contributed by atoms with E-state index in [0.29, 0.717) is 11.0 Å². The van der Waals surface area contributed by atoms with Gasteiger partial charge in [0.25, 0.3) is 0 Å². The lowest BCUT2D eigenvalue weighted by Crippen LogP contribution is -2.09. The number of hydrogen-bond acceptors (Lipinski definition) is 3. The molecular weight excluding hydrogens is 191 g/mol. The molecule has 0 atom stereocenters. The van der Waals surface area contributed by atoms with Gasteiger partial charge in [-0.25, -0.2) is 0 Å². The molecule has 1 aromatic heterocycles. The zero-order valence-electron chi connectivity index (χ0n) is 8.32. The Morgan fingerprint density at radius 3 is 3.07 bits per heavy atom. The third-order valence-electron chi connectivity index (χ3n) is 2.22. The quantitative estimate of drug-likeness (QED) is 0.534. The summed E-state index contributed by atoms with van der Waals surface area (Å²) >= 11 is 0. The normalized spacial score (nSPS) is 10.5. The summed E-state index contributed by atoms with van der Waals surface area (Å²) in [4.78, 5) is 11.1. The second-order valence-corrected chi connectivity index (χ2v) is 3.28. The highest BCUT2D eigenvalue weighted by Crippen LogP contribution is 2.15. The number of methoxy groups -OCH3 is 1. The maximum atomic E-state index is 11.1. The van der Waals surface area contributed by atoms with Crippen molar-refractivity contribution in [2.24, 2.45) is 0 Å². The molecule has 2 aromatic rings. The highest BCUT2D eigenvalue weighted by molar-refractivity contribution is 6.38. The standard InChI is InChI=1S/C11H9BO3/c1-14-10(13)6-7-4-8-2-3-15-11(8)9(12)5-7/h2-5H,6H2,1H3. The van der Waals surface area contributed by atoms with Gasteiger partial charge >= 0.3 is 5.97 Å². The van der Waals surface area contributed by atoms with E-state index in [-0.39, 0.29) is 12.4 Å². The van der Waals surface area contributed by atoms with Crippen LogP contribution in [0.5, 0.6) is 0 Å². The van der Waals surface area contributed by atoms with Crippen LogP contribution >= 0.6 is 0 Å². The van der Waals surface area contributed by atoms with Gasteiger partial charge in [0.15, 0.2) is 0 Å². The summed E-state index contributed by atoms with van der Waals surface area (Å²) in [7, 11) is 7.14. The first-order valence-electron chi connectivity index (χ1n) is 4.53. The fraction of sp³-hybridized carbons (Fsp3) is 0.182. The second-order valence-electron chi connectivity index (χ2n) is 3.28. The first-order chi connectivity index (χ1) is 7.20. The number of fused-ring (bicyclic) bond motifs is 1. The highest BCUT2D eigenvalue weighted by atomic mass is 16.5. The Labute approximate surface area is 88.4 Å². The van der Waals surface area contributed by atoms with Gasteiger partial charge in [-0.3, -0.25) is 4.79 Å². The Morgan fingerprint density at radius 1 is 1.53 bits per heavy atom. The minimum absolute atomic E-state index is 0.224. The third-order valence-corrected chi connectivity index (χ3v) is 2.22. The number of hydrogen-bond donors (Lipinski definition) is 0. The van der Waals surface area contributed by atoms with Crippen LogP contribution in [0.4, 0.5) is 0 Å². The molecule has 2 radical (unpaired) electrons. The van der Waals surface area contributed by atoms with E-state index >= 15 is 0 Å². The third kappa shape index (κ3) is 1.88. The van der Waals surface area contributed by atoms with Crippen LogP contribution in [0, 0.1) is 0 Å². The first kappa shape index (κ1) is 9.83. The topological polar surface area (TPSA) is 39.4 Å². The molecule has 3 nitrogen and oxygen atoms in total. The molecule has 4 heteroatoms. The highest BCUT2D eigenvalue weighted by Gasteiger charge is 2.07. The lowest BCUT2D eigenvalue weighted by Gasteiger charge is -2.02. The Bertz CT molecular complexity index is 502. The van der Waals surface area contributed by atoms with Gasteiger partial charge in [-0.2, -0.15) is 0 Å². The maximum Gasteiger partial charge on any atom is 0.309 e. The SMILES string of the molecule is [B]c1cc(CC(=O)OC)cc2ccoc12. The molecule has 0 N–H and O–H groups in total.